The van der Waals surface area contributed by atoms with E-state index in [1.54, 1.807) is 0 Å². The molecule has 0 atom stereocenters. The number of benzene rings is 2. The SMILES string of the molecule is [B]1N(c2noc3ccccc23)CCN1c1noc2ccccc12. The minimum atomic E-state index is 0.793. The van der Waals surface area contributed by atoms with Crippen molar-refractivity contribution in [3.8, 4) is 0 Å². The number of aromatic nitrogens is 2. The van der Waals surface area contributed by atoms with E-state index in [1.807, 2.05) is 56.1 Å². The van der Waals surface area contributed by atoms with Gasteiger partial charge in [0, 0.05) is 13.1 Å². The molecule has 1 aliphatic rings. The van der Waals surface area contributed by atoms with Crippen LogP contribution in [0.1, 0.15) is 0 Å². The van der Waals surface area contributed by atoms with Crippen LogP contribution >= 0.6 is 0 Å². The highest BCUT2D eigenvalue weighted by Crippen LogP contribution is 2.30. The third kappa shape index (κ3) is 1.89. The summed E-state index contributed by atoms with van der Waals surface area (Å²) in [7, 11) is 2.01. The first-order valence-electron chi connectivity index (χ1n) is 7.47. The van der Waals surface area contributed by atoms with Gasteiger partial charge in [-0.05, 0) is 24.3 Å². The molecule has 2 aromatic carbocycles. The van der Waals surface area contributed by atoms with Crippen molar-refractivity contribution in [2.24, 2.45) is 0 Å². The summed E-state index contributed by atoms with van der Waals surface area (Å²) in [6.07, 6.45) is 0. The molecule has 3 heterocycles. The summed E-state index contributed by atoms with van der Waals surface area (Å²) >= 11 is 0. The molecule has 0 unspecified atom stereocenters. The molecule has 1 aliphatic heterocycles. The molecule has 0 saturated carbocycles. The van der Waals surface area contributed by atoms with Crippen molar-refractivity contribution in [1.29, 1.82) is 0 Å². The number of fused-ring (bicyclic) bond motifs is 2. The van der Waals surface area contributed by atoms with Crippen LogP contribution in [-0.4, -0.2) is 31.0 Å². The Labute approximate surface area is 132 Å². The van der Waals surface area contributed by atoms with Crippen LogP contribution in [0.25, 0.3) is 21.9 Å². The zero-order valence-corrected chi connectivity index (χ0v) is 12.2. The van der Waals surface area contributed by atoms with Crippen LogP contribution in [0.2, 0.25) is 0 Å². The van der Waals surface area contributed by atoms with Gasteiger partial charge in [-0.25, -0.2) is 0 Å². The molecule has 1 fully saturated rings. The first-order valence-corrected chi connectivity index (χ1v) is 7.47. The second kappa shape index (κ2) is 4.77. The van der Waals surface area contributed by atoms with Crippen molar-refractivity contribution in [3.63, 3.8) is 0 Å². The van der Waals surface area contributed by atoms with E-state index in [-0.39, 0.29) is 0 Å². The third-order valence-electron chi connectivity index (χ3n) is 4.12. The van der Waals surface area contributed by atoms with Crippen molar-refractivity contribution in [2.45, 2.75) is 0 Å². The number of hydrogen-bond acceptors (Lipinski definition) is 6. The normalized spacial score (nSPS) is 14.8. The maximum Gasteiger partial charge on any atom is 0.394 e. The lowest BCUT2D eigenvalue weighted by Crippen LogP contribution is -2.30. The highest BCUT2D eigenvalue weighted by molar-refractivity contribution is 6.49. The van der Waals surface area contributed by atoms with Crippen LogP contribution in [-0.2, 0) is 0 Å². The fourth-order valence-electron chi connectivity index (χ4n) is 2.98. The Kier molecular flexibility index (Phi) is 2.61. The van der Waals surface area contributed by atoms with E-state index >= 15 is 0 Å². The second-order valence-electron chi connectivity index (χ2n) is 5.51. The van der Waals surface area contributed by atoms with E-state index < -0.39 is 0 Å². The van der Waals surface area contributed by atoms with Crippen LogP contribution in [0.15, 0.2) is 57.6 Å². The molecule has 0 spiro atoms. The lowest BCUT2D eigenvalue weighted by atomic mass is 10.1. The quantitative estimate of drug-likeness (QED) is 0.531. The number of nitrogens with zero attached hydrogens (tertiary/aromatic N) is 4. The van der Waals surface area contributed by atoms with Crippen LogP contribution in [0.3, 0.4) is 0 Å². The van der Waals surface area contributed by atoms with E-state index in [2.05, 4.69) is 19.9 Å². The molecular formula is C16H12BN4O2. The Hall–Kier alpha value is -2.96. The Balaban J connectivity index is 1.48. The molecule has 111 valence electrons. The van der Waals surface area contributed by atoms with Gasteiger partial charge in [0.1, 0.15) is 0 Å². The smallest absolute Gasteiger partial charge is 0.379 e. The van der Waals surface area contributed by atoms with Gasteiger partial charge in [-0.2, -0.15) is 0 Å². The largest absolute Gasteiger partial charge is 0.394 e. The van der Waals surface area contributed by atoms with E-state index in [1.165, 1.54) is 0 Å². The van der Waals surface area contributed by atoms with Gasteiger partial charge in [0.25, 0.3) is 0 Å². The zero-order chi connectivity index (χ0) is 15.2. The molecule has 0 N–H and O–H groups in total. The van der Waals surface area contributed by atoms with Gasteiger partial charge < -0.3 is 18.7 Å². The Morgan fingerprint density at radius 3 is 1.74 bits per heavy atom. The second-order valence-corrected chi connectivity index (χ2v) is 5.51. The van der Waals surface area contributed by atoms with Crippen molar-refractivity contribution in [1.82, 2.24) is 10.3 Å². The van der Waals surface area contributed by atoms with Gasteiger partial charge in [0.05, 0.1) is 10.8 Å². The minimum absolute atomic E-state index is 0.793. The topological polar surface area (TPSA) is 58.5 Å². The predicted octanol–water partition coefficient (Wildman–Crippen LogP) is 2.83. The zero-order valence-electron chi connectivity index (χ0n) is 12.2. The van der Waals surface area contributed by atoms with Gasteiger partial charge in [-0.15, -0.1) is 0 Å². The fraction of sp³-hybridized carbons (Fsp3) is 0.125. The monoisotopic (exact) mass is 303 g/mol. The van der Waals surface area contributed by atoms with Crippen LogP contribution in [0, 0.1) is 0 Å². The van der Waals surface area contributed by atoms with Crippen LogP contribution in [0.5, 0.6) is 0 Å². The van der Waals surface area contributed by atoms with E-state index in [0.29, 0.717) is 0 Å². The molecule has 0 amide bonds. The van der Waals surface area contributed by atoms with Crippen molar-refractivity contribution < 1.29 is 9.05 Å². The molecule has 0 aliphatic carbocycles. The molecule has 2 aromatic heterocycles. The fourth-order valence-corrected chi connectivity index (χ4v) is 2.98. The van der Waals surface area contributed by atoms with Crippen molar-refractivity contribution >= 4 is 41.1 Å². The molecule has 4 aromatic rings. The molecular weight excluding hydrogens is 291 g/mol. The minimum Gasteiger partial charge on any atom is -0.379 e. The van der Waals surface area contributed by atoms with Crippen LogP contribution in [0.4, 0.5) is 11.6 Å². The summed E-state index contributed by atoms with van der Waals surface area (Å²) in [5.74, 6) is 1.66. The lowest BCUT2D eigenvalue weighted by Gasteiger charge is -2.14. The lowest BCUT2D eigenvalue weighted by molar-refractivity contribution is 0.457. The number of para-hydroxylation sites is 2. The van der Waals surface area contributed by atoms with Crippen molar-refractivity contribution in [2.75, 3.05) is 22.7 Å². The highest BCUT2D eigenvalue weighted by Gasteiger charge is 2.29. The Morgan fingerprint density at radius 2 is 1.22 bits per heavy atom. The highest BCUT2D eigenvalue weighted by atomic mass is 16.5. The first-order chi connectivity index (χ1) is 11.4. The van der Waals surface area contributed by atoms with Gasteiger partial charge in [-0.3, -0.25) is 0 Å². The maximum atomic E-state index is 5.39. The van der Waals surface area contributed by atoms with E-state index in [0.717, 1.165) is 46.7 Å². The summed E-state index contributed by atoms with van der Waals surface area (Å²) < 4.78 is 10.8. The summed E-state index contributed by atoms with van der Waals surface area (Å²) in [6.45, 7) is 1.63. The summed E-state index contributed by atoms with van der Waals surface area (Å²) in [6, 6.07) is 15.7. The average Bonchev–Trinajstić information content (AvgIpc) is 3.31. The summed E-state index contributed by atoms with van der Waals surface area (Å²) in [5, 5.41) is 10.4. The molecule has 6 nitrogen and oxygen atoms in total. The van der Waals surface area contributed by atoms with Gasteiger partial charge in [0.2, 0.25) is 0 Å². The van der Waals surface area contributed by atoms with Gasteiger partial charge in [0.15, 0.2) is 22.8 Å². The standard InChI is InChI=1S/C16H12BN4O2/c1-3-7-13-11(5-1)15(18-22-13)20-9-10-21(17-20)16-12-6-2-4-8-14(12)23-19-16/h1-8H,9-10H2. The Morgan fingerprint density at radius 1 is 0.739 bits per heavy atom. The summed E-state index contributed by atoms with van der Waals surface area (Å²) in [5.41, 5.74) is 1.59. The first kappa shape index (κ1) is 12.6. The number of rotatable bonds is 2. The predicted molar refractivity (Wildman–Crippen MR) is 88.5 cm³/mol. The molecule has 0 bridgehead atoms. The molecule has 7 heteroatoms. The molecule has 1 saturated heterocycles. The maximum absolute atomic E-state index is 5.39. The Bertz CT molecular complexity index is 916. The van der Waals surface area contributed by atoms with E-state index in [9.17, 15) is 0 Å². The van der Waals surface area contributed by atoms with Gasteiger partial charge in [-0.1, -0.05) is 34.6 Å². The van der Waals surface area contributed by atoms with Gasteiger partial charge >= 0.3 is 7.55 Å². The van der Waals surface area contributed by atoms with Crippen molar-refractivity contribution in [3.05, 3.63) is 48.5 Å². The number of anilines is 2. The molecule has 5 rings (SSSR count). The third-order valence-corrected chi connectivity index (χ3v) is 4.12. The average molecular weight is 303 g/mol. The molecule has 23 heavy (non-hydrogen) atoms. The van der Waals surface area contributed by atoms with Crippen LogP contribution < -0.4 is 9.62 Å². The number of hydrogen-bond donors (Lipinski definition) is 0. The summed E-state index contributed by atoms with van der Waals surface area (Å²) in [4.78, 5) is 4.16. The van der Waals surface area contributed by atoms with E-state index in [4.69, 9.17) is 9.05 Å². The molecule has 1 radical (unpaired) electrons.